The van der Waals surface area contributed by atoms with Gasteiger partial charge in [0.15, 0.2) is 0 Å². The molecule has 2 aromatic rings. The SMILES string of the molecule is Cc1nc(C)c(Cc2ccccc2)c(N2CCN(CC(O)COC(C)C)CC2)n1. The first-order chi connectivity index (χ1) is 13.9. The van der Waals surface area contributed by atoms with Gasteiger partial charge in [0.05, 0.1) is 18.8 Å². The maximum atomic E-state index is 10.2. The lowest BCUT2D eigenvalue weighted by Gasteiger charge is -2.37. The number of anilines is 1. The highest BCUT2D eigenvalue weighted by molar-refractivity contribution is 5.51. The van der Waals surface area contributed by atoms with Crippen LogP contribution in [0.2, 0.25) is 0 Å². The molecule has 6 nitrogen and oxygen atoms in total. The van der Waals surface area contributed by atoms with Crippen molar-refractivity contribution in [3.63, 3.8) is 0 Å². The van der Waals surface area contributed by atoms with Gasteiger partial charge < -0.3 is 14.7 Å². The molecule has 1 N–H and O–H groups in total. The molecule has 0 bridgehead atoms. The third-order valence-electron chi connectivity index (χ3n) is 5.29. The van der Waals surface area contributed by atoms with Gasteiger partial charge in [-0.2, -0.15) is 0 Å². The molecule has 1 aromatic carbocycles. The molecule has 0 amide bonds. The van der Waals surface area contributed by atoms with Crippen LogP contribution in [-0.4, -0.2) is 71.5 Å². The molecular formula is C23H34N4O2. The van der Waals surface area contributed by atoms with E-state index in [1.807, 2.05) is 26.8 Å². The monoisotopic (exact) mass is 398 g/mol. The zero-order chi connectivity index (χ0) is 20.8. The summed E-state index contributed by atoms with van der Waals surface area (Å²) in [6.07, 6.45) is 0.545. The molecule has 158 valence electrons. The van der Waals surface area contributed by atoms with E-state index in [0.717, 1.165) is 49.9 Å². The number of β-amino-alcohol motifs (C(OH)–C–C–N with tert-alkyl or cyclic N) is 1. The van der Waals surface area contributed by atoms with Crippen LogP contribution in [-0.2, 0) is 11.2 Å². The van der Waals surface area contributed by atoms with Gasteiger partial charge in [-0.05, 0) is 33.3 Å². The Labute approximate surface area is 174 Å². The highest BCUT2D eigenvalue weighted by atomic mass is 16.5. The van der Waals surface area contributed by atoms with Gasteiger partial charge in [0.25, 0.3) is 0 Å². The minimum absolute atomic E-state index is 0.147. The number of nitrogens with zero attached hydrogens (tertiary/aromatic N) is 4. The van der Waals surface area contributed by atoms with Crippen LogP contribution in [0.4, 0.5) is 5.82 Å². The molecule has 1 fully saturated rings. The average Bonchev–Trinajstić information content (AvgIpc) is 2.70. The molecule has 0 radical (unpaired) electrons. The lowest BCUT2D eigenvalue weighted by atomic mass is 10.0. The fourth-order valence-electron chi connectivity index (χ4n) is 3.78. The molecule has 1 unspecified atom stereocenters. The van der Waals surface area contributed by atoms with Crippen LogP contribution in [0.15, 0.2) is 30.3 Å². The first-order valence-corrected chi connectivity index (χ1v) is 10.6. The van der Waals surface area contributed by atoms with Crippen molar-refractivity contribution in [2.45, 2.75) is 46.3 Å². The van der Waals surface area contributed by atoms with Crippen molar-refractivity contribution in [2.24, 2.45) is 0 Å². The normalized spacial score (nSPS) is 16.4. The van der Waals surface area contributed by atoms with Crippen molar-refractivity contribution in [3.05, 3.63) is 53.0 Å². The second-order valence-corrected chi connectivity index (χ2v) is 8.14. The number of ether oxygens (including phenoxy) is 1. The van der Waals surface area contributed by atoms with Crippen LogP contribution in [0, 0.1) is 13.8 Å². The summed E-state index contributed by atoms with van der Waals surface area (Å²) in [5.74, 6) is 1.88. The van der Waals surface area contributed by atoms with Gasteiger partial charge in [0.1, 0.15) is 11.6 Å². The third kappa shape index (κ3) is 6.23. The Balaban J connectivity index is 1.65. The first-order valence-electron chi connectivity index (χ1n) is 10.6. The first kappa shape index (κ1) is 21.7. The van der Waals surface area contributed by atoms with Crippen molar-refractivity contribution < 1.29 is 9.84 Å². The highest BCUT2D eigenvalue weighted by Gasteiger charge is 2.23. The Morgan fingerprint density at radius 2 is 1.72 bits per heavy atom. The number of benzene rings is 1. The minimum Gasteiger partial charge on any atom is -0.389 e. The standard InChI is InChI=1S/C23H34N4O2/c1-17(2)29-16-21(28)15-26-10-12-27(13-11-26)23-22(18(3)24-19(4)25-23)14-20-8-6-5-7-9-20/h5-9,17,21,28H,10-16H2,1-4H3. The Hall–Kier alpha value is -2.02. The zero-order valence-corrected chi connectivity index (χ0v) is 18.1. The Morgan fingerprint density at radius 3 is 2.38 bits per heavy atom. The molecule has 0 spiro atoms. The summed E-state index contributed by atoms with van der Waals surface area (Å²) in [5, 5.41) is 10.2. The number of hydrogen-bond donors (Lipinski definition) is 1. The molecule has 3 rings (SSSR count). The van der Waals surface area contributed by atoms with Crippen LogP contribution in [0.1, 0.15) is 36.5 Å². The van der Waals surface area contributed by atoms with Gasteiger partial charge in [-0.1, -0.05) is 30.3 Å². The predicted octanol–water partition coefficient (Wildman–Crippen LogP) is 2.59. The molecule has 29 heavy (non-hydrogen) atoms. The van der Waals surface area contributed by atoms with Gasteiger partial charge in [0.2, 0.25) is 0 Å². The predicted molar refractivity (Wildman–Crippen MR) is 117 cm³/mol. The minimum atomic E-state index is -0.443. The fraction of sp³-hybridized carbons (Fsp3) is 0.565. The summed E-state index contributed by atoms with van der Waals surface area (Å²) >= 11 is 0. The lowest BCUT2D eigenvalue weighted by Crippen LogP contribution is -2.49. The highest BCUT2D eigenvalue weighted by Crippen LogP contribution is 2.25. The maximum absolute atomic E-state index is 10.2. The molecule has 1 aliphatic heterocycles. The van der Waals surface area contributed by atoms with E-state index in [2.05, 4.69) is 46.0 Å². The Bertz CT molecular complexity index is 774. The van der Waals surface area contributed by atoms with Crippen molar-refractivity contribution in [1.29, 1.82) is 0 Å². The number of rotatable bonds is 8. The van der Waals surface area contributed by atoms with E-state index in [4.69, 9.17) is 9.72 Å². The topological polar surface area (TPSA) is 61.7 Å². The van der Waals surface area contributed by atoms with Gasteiger partial charge in [0, 0.05) is 50.4 Å². The number of aryl methyl sites for hydroxylation is 2. The largest absolute Gasteiger partial charge is 0.389 e. The van der Waals surface area contributed by atoms with E-state index in [1.165, 1.54) is 11.1 Å². The number of piperazine rings is 1. The Kier molecular flexibility index (Phi) is 7.58. The van der Waals surface area contributed by atoms with Crippen molar-refractivity contribution in [2.75, 3.05) is 44.2 Å². The number of aliphatic hydroxyl groups is 1. The second kappa shape index (κ2) is 10.1. The smallest absolute Gasteiger partial charge is 0.136 e. The summed E-state index contributed by atoms with van der Waals surface area (Å²) in [7, 11) is 0. The molecule has 2 heterocycles. The summed E-state index contributed by atoms with van der Waals surface area (Å²) in [5.41, 5.74) is 3.54. The third-order valence-corrected chi connectivity index (χ3v) is 5.29. The van der Waals surface area contributed by atoms with Crippen molar-refractivity contribution >= 4 is 5.82 Å². The summed E-state index contributed by atoms with van der Waals surface area (Å²) in [6, 6.07) is 10.5. The van der Waals surface area contributed by atoms with Crippen LogP contribution in [0.3, 0.4) is 0 Å². The van der Waals surface area contributed by atoms with Gasteiger partial charge in [-0.25, -0.2) is 9.97 Å². The number of aliphatic hydroxyl groups excluding tert-OH is 1. The van der Waals surface area contributed by atoms with Crippen LogP contribution in [0.25, 0.3) is 0 Å². The van der Waals surface area contributed by atoms with Gasteiger partial charge in [-0.15, -0.1) is 0 Å². The fourth-order valence-corrected chi connectivity index (χ4v) is 3.78. The van der Waals surface area contributed by atoms with E-state index < -0.39 is 6.10 Å². The van der Waals surface area contributed by atoms with E-state index in [9.17, 15) is 5.11 Å². The summed E-state index contributed by atoms with van der Waals surface area (Å²) in [4.78, 5) is 14.1. The van der Waals surface area contributed by atoms with Crippen LogP contribution >= 0.6 is 0 Å². The Morgan fingerprint density at radius 1 is 1.03 bits per heavy atom. The molecule has 1 aliphatic rings. The molecular weight excluding hydrogens is 364 g/mol. The van der Waals surface area contributed by atoms with Crippen LogP contribution in [0.5, 0.6) is 0 Å². The van der Waals surface area contributed by atoms with E-state index in [1.54, 1.807) is 0 Å². The van der Waals surface area contributed by atoms with E-state index in [0.29, 0.717) is 13.2 Å². The quantitative estimate of drug-likeness (QED) is 0.738. The van der Waals surface area contributed by atoms with Gasteiger partial charge in [-0.3, -0.25) is 4.90 Å². The van der Waals surface area contributed by atoms with E-state index >= 15 is 0 Å². The molecule has 6 heteroatoms. The molecule has 1 atom stereocenters. The zero-order valence-electron chi connectivity index (χ0n) is 18.1. The van der Waals surface area contributed by atoms with Crippen LogP contribution < -0.4 is 4.90 Å². The van der Waals surface area contributed by atoms with Crippen molar-refractivity contribution in [1.82, 2.24) is 14.9 Å². The summed E-state index contributed by atoms with van der Waals surface area (Å²) < 4.78 is 5.53. The van der Waals surface area contributed by atoms with Crippen molar-refractivity contribution in [3.8, 4) is 0 Å². The number of aromatic nitrogens is 2. The summed E-state index contributed by atoms with van der Waals surface area (Å²) in [6.45, 7) is 12.7. The second-order valence-electron chi connectivity index (χ2n) is 8.14. The molecule has 1 saturated heterocycles. The molecule has 0 saturated carbocycles. The van der Waals surface area contributed by atoms with Gasteiger partial charge >= 0.3 is 0 Å². The molecule has 1 aromatic heterocycles. The average molecular weight is 399 g/mol. The van der Waals surface area contributed by atoms with E-state index in [-0.39, 0.29) is 6.10 Å². The lowest BCUT2D eigenvalue weighted by molar-refractivity contribution is -0.00901. The maximum Gasteiger partial charge on any atom is 0.136 e. The molecule has 0 aliphatic carbocycles. The number of hydrogen-bond acceptors (Lipinski definition) is 6.